The van der Waals surface area contributed by atoms with E-state index in [2.05, 4.69) is 0 Å². The molecule has 224 valence electrons. The summed E-state index contributed by atoms with van der Waals surface area (Å²) in [6.45, 7) is 4.00. The molecule has 7 heteroatoms. The third kappa shape index (κ3) is 5.19. The summed E-state index contributed by atoms with van der Waals surface area (Å²) in [5, 5.41) is 12.3. The van der Waals surface area contributed by atoms with Crippen LogP contribution in [0, 0.1) is 5.92 Å². The van der Waals surface area contributed by atoms with Crippen molar-refractivity contribution in [2.24, 2.45) is 5.92 Å². The second-order valence-electron chi connectivity index (χ2n) is 11.3. The van der Waals surface area contributed by atoms with Crippen LogP contribution in [0.5, 0.6) is 0 Å². The molecule has 0 aliphatic carbocycles. The van der Waals surface area contributed by atoms with Gasteiger partial charge in [-0.1, -0.05) is 129 Å². The number of benzene rings is 4. The maximum absolute atomic E-state index is 17.2. The number of rotatable bonds is 8. The first-order chi connectivity index (χ1) is 20.8. The van der Waals surface area contributed by atoms with Crippen LogP contribution < -0.4 is 0 Å². The normalized spacial score (nSPS) is 29.7. The highest BCUT2D eigenvalue weighted by molar-refractivity contribution is 5.45. The fourth-order valence-electron chi connectivity index (χ4n) is 6.32. The molecular formula is C36H36F2O5. The largest absolute Gasteiger partial charge is 0.370 e. The molecule has 4 aromatic rings. The molecule has 6 atom stereocenters. The van der Waals surface area contributed by atoms with Crippen molar-refractivity contribution in [2.75, 3.05) is 0 Å². The molecular weight excluding hydrogens is 550 g/mol. The number of ether oxygens (including phenoxy) is 4. The van der Waals surface area contributed by atoms with Crippen LogP contribution in [0.4, 0.5) is 8.78 Å². The monoisotopic (exact) mass is 586 g/mol. The molecule has 0 radical (unpaired) electrons. The van der Waals surface area contributed by atoms with E-state index in [1.165, 1.54) is 18.2 Å². The Bertz CT molecular complexity index is 1500. The molecule has 0 amide bonds. The van der Waals surface area contributed by atoms with Gasteiger partial charge < -0.3 is 24.1 Å². The van der Waals surface area contributed by atoms with Gasteiger partial charge in [0.05, 0.1) is 25.4 Å². The second kappa shape index (κ2) is 11.9. The van der Waals surface area contributed by atoms with Crippen LogP contribution in [0.2, 0.25) is 0 Å². The van der Waals surface area contributed by atoms with Crippen molar-refractivity contribution in [1.29, 1.82) is 0 Å². The van der Waals surface area contributed by atoms with E-state index in [0.29, 0.717) is 12.0 Å². The Morgan fingerprint density at radius 3 is 1.81 bits per heavy atom. The number of hydrogen-bond donors (Lipinski definition) is 1. The van der Waals surface area contributed by atoms with Crippen LogP contribution in [-0.2, 0) is 43.9 Å². The van der Waals surface area contributed by atoms with E-state index in [4.69, 9.17) is 18.9 Å². The van der Waals surface area contributed by atoms with Gasteiger partial charge in [-0.05, 0) is 17.5 Å². The van der Waals surface area contributed by atoms with Crippen LogP contribution in [0.1, 0.15) is 48.1 Å². The van der Waals surface area contributed by atoms with Gasteiger partial charge in [0.2, 0.25) is 5.79 Å². The highest BCUT2D eigenvalue weighted by Gasteiger charge is 2.74. The summed E-state index contributed by atoms with van der Waals surface area (Å²) in [5.41, 5.74) is 1.56. The molecule has 1 saturated heterocycles. The lowest BCUT2D eigenvalue weighted by atomic mass is 9.76. The SMILES string of the molecule is CC[C@H]1O[C@]2(O[C@](O)(c3ccccc3)c3ccccc3C2(F)F)[C@H](OCc2ccccc2)[C@@H](OCc2ccccc2)[C@@H]1C. The predicted molar refractivity (Wildman–Crippen MR) is 158 cm³/mol. The molecule has 0 unspecified atom stereocenters. The molecule has 43 heavy (non-hydrogen) atoms. The Balaban J connectivity index is 1.51. The van der Waals surface area contributed by atoms with E-state index in [1.54, 1.807) is 36.4 Å². The Hall–Kier alpha value is -3.46. The average molecular weight is 587 g/mol. The first kappa shape index (κ1) is 29.6. The number of alkyl halides is 2. The smallest absolute Gasteiger partial charge is 0.329 e. The number of halogens is 2. The van der Waals surface area contributed by atoms with Gasteiger partial charge in [-0.15, -0.1) is 0 Å². The number of aliphatic hydroxyl groups is 1. The molecule has 2 aliphatic rings. The zero-order valence-corrected chi connectivity index (χ0v) is 24.2. The minimum absolute atomic E-state index is 0.0101. The summed E-state index contributed by atoms with van der Waals surface area (Å²) < 4.78 is 60.2. The lowest BCUT2D eigenvalue weighted by Gasteiger charge is -2.58. The molecule has 1 spiro atoms. The van der Waals surface area contributed by atoms with Crippen molar-refractivity contribution in [3.63, 3.8) is 0 Å². The molecule has 6 rings (SSSR count). The topological polar surface area (TPSA) is 57.2 Å². The maximum atomic E-state index is 17.2. The van der Waals surface area contributed by atoms with Crippen molar-refractivity contribution >= 4 is 0 Å². The summed E-state index contributed by atoms with van der Waals surface area (Å²) in [7, 11) is 0. The molecule has 0 saturated carbocycles. The van der Waals surface area contributed by atoms with E-state index in [-0.39, 0.29) is 30.3 Å². The van der Waals surface area contributed by atoms with E-state index in [1.807, 2.05) is 74.5 Å². The van der Waals surface area contributed by atoms with Crippen LogP contribution in [-0.4, -0.2) is 29.2 Å². The minimum atomic E-state index is -3.73. The zero-order chi connectivity index (χ0) is 30.1. The van der Waals surface area contributed by atoms with Crippen LogP contribution in [0.15, 0.2) is 115 Å². The quantitative estimate of drug-likeness (QED) is 0.235. The van der Waals surface area contributed by atoms with E-state index in [0.717, 1.165) is 11.1 Å². The van der Waals surface area contributed by atoms with Crippen molar-refractivity contribution < 1.29 is 32.8 Å². The van der Waals surface area contributed by atoms with Gasteiger partial charge in [-0.2, -0.15) is 8.78 Å². The fraction of sp³-hybridized carbons (Fsp3) is 0.333. The number of fused-ring (bicyclic) bond motifs is 1. The maximum Gasteiger partial charge on any atom is 0.329 e. The van der Waals surface area contributed by atoms with E-state index >= 15 is 8.78 Å². The predicted octanol–water partition coefficient (Wildman–Crippen LogP) is 7.31. The fourth-order valence-corrected chi connectivity index (χ4v) is 6.32. The Kier molecular flexibility index (Phi) is 8.20. The van der Waals surface area contributed by atoms with Gasteiger partial charge in [-0.25, -0.2) is 0 Å². The van der Waals surface area contributed by atoms with Gasteiger partial charge in [-0.3, -0.25) is 0 Å². The summed E-state index contributed by atoms with van der Waals surface area (Å²) in [6.07, 6.45) is -2.54. The minimum Gasteiger partial charge on any atom is -0.370 e. The highest BCUT2D eigenvalue weighted by Crippen LogP contribution is 2.59. The lowest BCUT2D eigenvalue weighted by Crippen LogP contribution is -2.73. The first-order valence-electron chi connectivity index (χ1n) is 14.7. The van der Waals surface area contributed by atoms with Gasteiger partial charge in [0.25, 0.3) is 5.79 Å². The third-order valence-corrected chi connectivity index (χ3v) is 8.60. The molecule has 4 aromatic carbocycles. The van der Waals surface area contributed by atoms with Crippen molar-refractivity contribution in [1.82, 2.24) is 0 Å². The van der Waals surface area contributed by atoms with Crippen molar-refractivity contribution in [3.8, 4) is 0 Å². The molecule has 2 aliphatic heterocycles. The third-order valence-electron chi connectivity index (χ3n) is 8.60. The van der Waals surface area contributed by atoms with Gasteiger partial charge in [0.15, 0.2) is 0 Å². The van der Waals surface area contributed by atoms with Crippen LogP contribution in [0.3, 0.4) is 0 Å². The summed E-state index contributed by atoms with van der Waals surface area (Å²) >= 11 is 0. The van der Waals surface area contributed by atoms with Crippen molar-refractivity contribution in [3.05, 3.63) is 143 Å². The van der Waals surface area contributed by atoms with Crippen LogP contribution in [0.25, 0.3) is 0 Å². The Labute approximate surface area is 251 Å². The first-order valence-corrected chi connectivity index (χ1v) is 14.7. The van der Waals surface area contributed by atoms with Gasteiger partial charge in [0.1, 0.15) is 6.10 Å². The molecule has 1 N–H and O–H groups in total. The van der Waals surface area contributed by atoms with Gasteiger partial charge in [0, 0.05) is 22.6 Å². The summed E-state index contributed by atoms with van der Waals surface area (Å²) in [4.78, 5) is 0. The standard InChI is InChI=1S/C36H36F2O5/c1-3-31-25(2)32(40-23-26-15-7-4-8-16-26)33(41-24-27-17-9-5-10-18-27)36(42-31)35(37,38)30-22-14-13-21-29(30)34(39,43-36)28-19-11-6-12-20-28/h4-22,25,31-33,39H,3,23-24H2,1-2H3/t25-,31-,32+,33-,34-,36+/m1/s1. The molecule has 0 aromatic heterocycles. The lowest BCUT2D eigenvalue weighted by molar-refractivity contribution is -0.479. The molecule has 2 heterocycles. The number of hydrogen-bond acceptors (Lipinski definition) is 5. The zero-order valence-electron chi connectivity index (χ0n) is 24.2. The molecule has 1 fully saturated rings. The highest BCUT2D eigenvalue weighted by atomic mass is 19.3. The van der Waals surface area contributed by atoms with E-state index < -0.39 is 35.8 Å². The summed E-state index contributed by atoms with van der Waals surface area (Å²) in [5.74, 6) is -9.04. The Morgan fingerprint density at radius 2 is 1.23 bits per heavy atom. The van der Waals surface area contributed by atoms with Crippen molar-refractivity contribution in [2.45, 2.75) is 69.3 Å². The van der Waals surface area contributed by atoms with Gasteiger partial charge >= 0.3 is 5.92 Å². The Morgan fingerprint density at radius 1 is 0.721 bits per heavy atom. The van der Waals surface area contributed by atoms with Crippen LogP contribution >= 0.6 is 0 Å². The molecule has 0 bridgehead atoms. The average Bonchev–Trinajstić information content (AvgIpc) is 3.05. The second-order valence-corrected chi connectivity index (χ2v) is 11.3. The van der Waals surface area contributed by atoms with E-state index in [9.17, 15) is 5.11 Å². The summed E-state index contributed by atoms with van der Waals surface area (Å²) in [6, 6.07) is 33.4. The molecule has 5 nitrogen and oxygen atoms in total.